The van der Waals surface area contributed by atoms with Gasteiger partial charge < -0.3 is 4.57 Å². The maximum atomic E-state index is 2.60. The van der Waals surface area contributed by atoms with Crippen LogP contribution in [0.15, 0.2) is 176 Å². The monoisotopic (exact) mass is 839 g/mol. The Morgan fingerprint density at radius 1 is 0.317 bits per heavy atom. The molecule has 298 valence electrons. The molecule has 63 heavy (non-hydrogen) atoms. The SMILES string of the molecule is Cc1cc2c(-c3ccccc3)c3cc(C)c(C)cc3c(-n3c4ccc(-c5cccc6c5sc5ccccc56)cc4c4cc(-c5cccc6c5sc5ccccc56)ccc43)c2cc1C. The van der Waals surface area contributed by atoms with Gasteiger partial charge in [-0.15, -0.1) is 22.7 Å². The van der Waals surface area contributed by atoms with Gasteiger partial charge in [0.15, 0.2) is 0 Å². The number of fused-ring (bicyclic) bond motifs is 11. The van der Waals surface area contributed by atoms with Crippen LogP contribution >= 0.6 is 22.7 Å². The zero-order chi connectivity index (χ0) is 42.1. The molecule has 0 aliphatic carbocycles. The molecule has 0 unspecified atom stereocenters. The van der Waals surface area contributed by atoms with E-state index >= 15 is 0 Å². The van der Waals surface area contributed by atoms with Crippen molar-refractivity contribution in [3.05, 3.63) is 198 Å². The van der Waals surface area contributed by atoms with Gasteiger partial charge in [-0.1, -0.05) is 127 Å². The first-order valence-corrected chi connectivity index (χ1v) is 23.5. The van der Waals surface area contributed by atoms with E-state index in [1.165, 1.54) is 145 Å². The van der Waals surface area contributed by atoms with Crippen LogP contribution in [0.1, 0.15) is 22.3 Å². The number of aryl methyl sites for hydroxylation is 4. The fraction of sp³-hybridized carbons (Fsp3) is 0.0667. The summed E-state index contributed by atoms with van der Waals surface area (Å²) in [6.07, 6.45) is 0. The molecule has 0 saturated heterocycles. The number of rotatable bonds is 4. The van der Waals surface area contributed by atoms with E-state index in [1.54, 1.807) is 0 Å². The summed E-state index contributed by atoms with van der Waals surface area (Å²) in [5, 5.41) is 12.9. The van der Waals surface area contributed by atoms with Crippen LogP contribution in [0.2, 0.25) is 0 Å². The number of nitrogens with zero attached hydrogens (tertiary/aromatic N) is 1. The first-order chi connectivity index (χ1) is 30.9. The Morgan fingerprint density at radius 2 is 0.746 bits per heavy atom. The minimum Gasteiger partial charge on any atom is -0.308 e. The van der Waals surface area contributed by atoms with E-state index in [9.17, 15) is 0 Å². The molecular weight excluding hydrogens is 799 g/mol. The largest absolute Gasteiger partial charge is 0.308 e. The highest BCUT2D eigenvalue weighted by molar-refractivity contribution is 7.26. The minimum atomic E-state index is 1.21. The van der Waals surface area contributed by atoms with Crippen molar-refractivity contribution in [2.45, 2.75) is 27.7 Å². The highest BCUT2D eigenvalue weighted by Gasteiger charge is 2.24. The second-order valence-corrected chi connectivity index (χ2v) is 19.5. The van der Waals surface area contributed by atoms with E-state index in [4.69, 9.17) is 0 Å². The highest BCUT2D eigenvalue weighted by Crippen LogP contribution is 2.48. The number of aromatic nitrogens is 1. The summed E-state index contributed by atoms with van der Waals surface area (Å²) in [4.78, 5) is 0. The summed E-state index contributed by atoms with van der Waals surface area (Å²) >= 11 is 3.80. The molecule has 0 aliphatic rings. The quantitative estimate of drug-likeness (QED) is 0.156. The zero-order valence-electron chi connectivity index (χ0n) is 35.5. The van der Waals surface area contributed by atoms with Gasteiger partial charge in [0.05, 0.1) is 16.7 Å². The molecule has 10 aromatic carbocycles. The molecule has 3 aromatic heterocycles. The predicted octanol–water partition coefficient (Wildman–Crippen LogP) is 18.1. The molecule has 0 N–H and O–H groups in total. The third kappa shape index (κ3) is 5.40. The lowest BCUT2D eigenvalue weighted by molar-refractivity contribution is 1.21. The molecule has 0 aliphatic heterocycles. The molecule has 0 atom stereocenters. The molecule has 0 amide bonds. The molecule has 1 nitrogen and oxygen atoms in total. The van der Waals surface area contributed by atoms with E-state index < -0.39 is 0 Å². The van der Waals surface area contributed by atoms with Gasteiger partial charge in [-0.3, -0.25) is 0 Å². The van der Waals surface area contributed by atoms with Crippen LogP contribution in [-0.4, -0.2) is 4.57 Å². The van der Waals surface area contributed by atoms with Gasteiger partial charge >= 0.3 is 0 Å². The van der Waals surface area contributed by atoms with Crippen LogP contribution in [0.5, 0.6) is 0 Å². The van der Waals surface area contributed by atoms with Crippen LogP contribution < -0.4 is 0 Å². The van der Waals surface area contributed by atoms with Gasteiger partial charge in [-0.05, 0) is 143 Å². The number of hydrogen-bond acceptors (Lipinski definition) is 2. The molecule has 0 fully saturated rings. The van der Waals surface area contributed by atoms with Gasteiger partial charge in [0.25, 0.3) is 0 Å². The maximum absolute atomic E-state index is 2.60. The van der Waals surface area contributed by atoms with Crippen LogP contribution in [-0.2, 0) is 0 Å². The average Bonchev–Trinajstić information content (AvgIpc) is 3.99. The Morgan fingerprint density at radius 3 is 1.24 bits per heavy atom. The third-order valence-corrected chi connectivity index (χ3v) is 16.2. The lowest BCUT2D eigenvalue weighted by Gasteiger charge is -2.22. The van der Waals surface area contributed by atoms with E-state index in [1.807, 2.05) is 22.7 Å². The number of thiophene rings is 2. The van der Waals surface area contributed by atoms with E-state index in [-0.39, 0.29) is 0 Å². The Hall–Kier alpha value is -7.04. The highest BCUT2D eigenvalue weighted by atomic mass is 32.1. The van der Waals surface area contributed by atoms with Crippen LogP contribution in [0.4, 0.5) is 0 Å². The van der Waals surface area contributed by atoms with Gasteiger partial charge in [0.2, 0.25) is 0 Å². The Bertz CT molecular complexity index is 3820. The van der Waals surface area contributed by atoms with Gasteiger partial charge in [0.1, 0.15) is 0 Å². The zero-order valence-corrected chi connectivity index (χ0v) is 37.1. The fourth-order valence-corrected chi connectivity index (χ4v) is 12.9. The smallest absolute Gasteiger partial charge is 0.0619 e. The van der Waals surface area contributed by atoms with Crippen molar-refractivity contribution >= 4 is 106 Å². The molecule has 0 radical (unpaired) electrons. The predicted molar refractivity (Wildman–Crippen MR) is 277 cm³/mol. The Balaban J connectivity index is 1.17. The summed E-state index contributed by atoms with van der Waals surface area (Å²) in [5.74, 6) is 0. The van der Waals surface area contributed by atoms with E-state index in [2.05, 4.69) is 208 Å². The molecule has 13 rings (SSSR count). The van der Waals surface area contributed by atoms with Gasteiger partial charge in [-0.25, -0.2) is 0 Å². The first-order valence-electron chi connectivity index (χ1n) is 21.8. The normalized spacial score (nSPS) is 12.1. The first kappa shape index (κ1) is 36.6. The van der Waals surface area contributed by atoms with Crippen molar-refractivity contribution in [2.75, 3.05) is 0 Å². The Labute approximate surface area is 373 Å². The van der Waals surface area contributed by atoms with Crippen LogP contribution in [0.25, 0.3) is 123 Å². The fourth-order valence-electron chi connectivity index (χ4n) is 10.4. The summed E-state index contributed by atoms with van der Waals surface area (Å²) in [6.45, 7) is 9.04. The number of benzene rings is 10. The standard InChI is InChI=1S/C60H41NS2/c1-34-28-49-51(30-36(34)3)58(52-31-37(4)35(2)29-50(52)57(49)38-14-6-5-7-15-38)61-53-26-24-39(41-18-12-20-45-43-16-8-10-22-55(43)62-59(41)45)32-47(53)48-33-40(25-27-54(48)61)42-19-13-21-46-44-17-9-11-23-56(44)63-60(42)46/h5-33H,1-4H3. The van der Waals surface area contributed by atoms with Crippen molar-refractivity contribution in [1.29, 1.82) is 0 Å². The second-order valence-electron chi connectivity index (χ2n) is 17.4. The number of hydrogen-bond donors (Lipinski definition) is 0. The van der Waals surface area contributed by atoms with Crippen molar-refractivity contribution in [1.82, 2.24) is 4.57 Å². The lowest BCUT2D eigenvalue weighted by Crippen LogP contribution is -2.01. The van der Waals surface area contributed by atoms with Gasteiger partial charge in [0, 0.05) is 61.9 Å². The molecule has 0 bridgehead atoms. The van der Waals surface area contributed by atoms with Crippen molar-refractivity contribution in [2.24, 2.45) is 0 Å². The van der Waals surface area contributed by atoms with Crippen molar-refractivity contribution in [3.8, 4) is 39.1 Å². The second kappa shape index (κ2) is 13.7. The topological polar surface area (TPSA) is 4.93 Å². The van der Waals surface area contributed by atoms with Crippen LogP contribution in [0.3, 0.4) is 0 Å². The molecule has 3 heteroatoms. The van der Waals surface area contributed by atoms with E-state index in [0.717, 1.165) is 0 Å². The summed E-state index contributed by atoms with van der Waals surface area (Å²) < 4.78 is 7.92. The molecule has 0 saturated carbocycles. The summed E-state index contributed by atoms with van der Waals surface area (Å²) in [6, 6.07) is 66.6. The van der Waals surface area contributed by atoms with Crippen LogP contribution in [0, 0.1) is 27.7 Å². The van der Waals surface area contributed by atoms with Gasteiger partial charge in [-0.2, -0.15) is 0 Å². The Kier molecular flexibility index (Phi) is 7.98. The molecule has 3 heterocycles. The average molecular weight is 840 g/mol. The third-order valence-electron chi connectivity index (χ3n) is 13.8. The van der Waals surface area contributed by atoms with Crippen molar-refractivity contribution in [3.63, 3.8) is 0 Å². The lowest BCUT2D eigenvalue weighted by atomic mass is 9.87. The molecular formula is C60H41NS2. The minimum absolute atomic E-state index is 1.21. The van der Waals surface area contributed by atoms with Crippen molar-refractivity contribution < 1.29 is 0 Å². The summed E-state index contributed by atoms with van der Waals surface area (Å²) in [7, 11) is 0. The summed E-state index contributed by atoms with van der Waals surface area (Å²) in [5.41, 5.74) is 16.4. The molecule has 0 spiro atoms. The molecule has 13 aromatic rings. The van der Waals surface area contributed by atoms with E-state index in [0.29, 0.717) is 0 Å². The maximum Gasteiger partial charge on any atom is 0.0619 e.